The monoisotopic (exact) mass is 367 g/mol. The van der Waals surface area contributed by atoms with Crippen molar-refractivity contribution >= 4 is 79.2 Å². The molecule has 0 amide bonds. The Kier molecular flexibility index (Phi) is 3.27. The first-order chi connectivity index (χ1) is 10.6. The fraction of sp³-hybridized carbons (Fsp3) is 0. The zero-order valence-electron chi connectivity index (χ0n) is 10.7. The summed E-state index contributed by atoms with van der Waals surface area (Å²) in [7, 11) is 0. The average molecular weight is 369 g/mol. The van der Waals surface area contributed by atoms with Gasteiger partial charge in [0.25, 0.3) is 0 Å². The van der Waals surface area contributed by atoms with E-state index in [1.165, 1.54) is 0 Å². The lowest BCUT2D eigenvalue weighted by atomic mass is 10.1. The third-order valence-corrected chi connectivity index (χ3v) is 4.86. The summed E-state index contributed by atoms with van der Waals surface area (Å²) in [6.07, 6.45) is 0. The van der Waals surface area contributed by atoms with Crippen molar-refractivity contribution in [2.75, 3.05) is 0 Å². The maximum absolute atomic E-state index is 6.36. The van der Waals surface area contributed by atoms with Gasteiger partial charge in [-0.05, 0) is 12.1 Å². The Morgan fingerprint density at radius 2 is 1.32 bits per heavy atom. The molecule has 0 aliphatic carbocycles. The number of aromatic nitrogens is 3. The van der Waals surface area contributed by atoms with Gasteiger partial charge in [-0.25, -0.2) is 15.0 Å². The second-order valence-electron chi connectivity index (χ2n) is 4.71. The summed E-state index contributed by atoms with van der Waals surface area (Å²) in [6.45, 7) is 0. The van der Waals surface area contributed by atoms with Gasteiger partial charge in [0.2, 0.25) is 0 Å². The van der Waals surface area contributed by atoms with Crippen LogP contribution in [0.15, 0.2) is 30.3 Å². The molecule has 0 N–H and O–H groups in total. The Morgan fingerprint density at radius 1 is 0.682 bits per heavy atom. The molecule has 2 heterocycles. The van der Waals surface area contributed by atoms with Gasteiger partial charge in [0.1, 0.15) is 11.0 Å². The number of nitrogens with zero attached hydrogens (tertiary/aromatic N) is 3. The molecule has 4 rings (SSSR count). The van der Waals surface area contributed by atoms with Crippen LogP contribution in [0.5, 0.6) is 0 Å². The molecule has 108 valence electrons. The molecule has 0 radical (unpaired) electrons. The second-order valence-corrected chi connectivity index (χ2v) is 6.18. The van der Waals surface area contributed by atoms with E-state index in [9.17, 15) is 0 Å². The van der Waals surface area contributed by atoms with E-state index in [1.54, 1.807) is 0 Å². The topological polar surface area (TPSA) is 38.7 Å². The highest BCUT2D eigenvalue weighted by atomic mass is 35.5. The van der Waals surface area contributed by atoms with Gasteiger partial charge >= 0.3 is 0 Å². The Labute approximate surface area is 144 Å². The highest BCUT2D eigenvalue weighted by Crippen LogP contribution is 2.39. The van der Waals surface area contributed by atoms with Crippen LogP contribution in [0.25, 0.3) is 32.8 Å². The van der Waals surface area contributed by atoms with Crippen LogP contribution >= 0.6 is 46.4 Å². The first-order valence-electron chi connectivity index (χ1n) is 6.25. The summed E-state index contributed by atoms with van der Waals surface area (Å²) in [4.78, 5) is 13.1. The van der Waals surface area contributed by atoms with Crippen molar-refractivity contribution in [1.82, 2.24) is 15.0 Å². The summed E-state index contributed by atoms with van der Waals surface area (Å²) in [5.74, 6) is 0. The molecule has 2 aromatic heterocycles. The summed E-state index contributed by atoms with van der Waals surface area (Å²) in [5, 5.41) is 2.47. The molecule has 2 aromatic carbocycles. The van der Waals surface area contributed by atoms with Gasteiger partial charge in [-0.2, -0.15) is 0 Å². The Morgan fingerprint density at radius 3 is 2.09 bits per heavy atom. The molecule has 4 aromatic rings. The molecule has 0 saturated carbocycles. The van der Waals surface area contributed by atoms with Gasteiger partial charge in [0, 0.05) is 10.8 Å². The number of hydrogen-bond acceptors (Lipinski definition) is 3. The van der Waals surface area contributed by atoms with Gasteiger partial charge in [-0.3, -0.25) is 0 Å². The highest BCUT2D eigenvalue weighted by molar-refractivity contribution is 6.49. The predicted molar refractivity (Wildman–Crippen MR) is 92.4 cm³/mol. The van der Waals surface area contributed by atoms with E-state index >= 15 is 0 Å². The van der Waals surface area contributed by atoms with E-state index in [1.807, 2.05) is 30.3 Å². The lowest BCUT2D eigenvalue weighted by Gasteiger charge is -2.09. The molecule has 0 unspecified atom stereocenters. The van der Waals surface area contributed by atoms with E-state index in [2.05, 4.69) is 15.0 Å². The van der Waals surface area contributed by atoms with E-state index in [-0.39, 0.29) is 15.3 Å². The molecule has 0 bridgehead atoms. The van der Waals surface area contributed by atoms with Crippen molar-refractivity contribution < 1.29 is 0 Å². The lowest BCUT2D eigenvalue weighted by molar-refractivity contribution is 1.30. The van der Waals surface area contributed by atoms with Crippen LogP contribution in [0.3, 0.4) is 0 Å². The molecule has 0 saturated heterocycles. The van der Waals surface area contributed by atoms with Crippen LogP contribution in [0.4, 0.5) is 0 Å². The third-order valence-electron chi connectivity index (χ3n) is 3.40. The van der Waals surface area contributed by atoms with E-state index in [0.717, 1.165) is 16.3 Å². The average Bonchev–Trinajstić information content (AvgIpc) is 2.53. The molecule has 7 heteroatoms. The maximum Gasteiger partial charge on any atom is 0.167 e. The minimum absolute atomic E-state index is 0.0835. The molecule has 22 heavy (non-hydrogen) atoms. The number of benzene rings is 2. The number of rotatable bonds is 0. The van der Waals surface area contributed by atoms with Crippen LogP contribution in [0, 0.1) is 0 Å². The van der Waals surface area contributed by atoms with Crippen molar-refractivity contribution in [3.05, 3.63) is 50.7 Å². The fourth-order valence-electron chi connectivity index (χ4n) is 2.41. The Balaban J connectivity index is 2.31. The molecule has 0 fully saturated rings. The van der Waals surface area contributed by atoms with Crippen molar-refractivity contribution in [3.63, 3.8) is 0 Å². The Bertz CT molecular complexity index is 1080. The van der Waals surface area contributed by atoms with Gasteiger partial charge in [0.15, 0.2) is 10.3 Å². The zero-order chi connectivity index (χ0) is 15.4. The van der Waals surface area contributed by atoms with Gasteiger partial charge in [0.05, 0.1) is 21.1 Å². The number of halogens is 4. The van der Waals surface area contributed by atoms with Crippen molar-refractivity contribution in [1.29, 1.82) is 0 Å². The summed E-state index contributed by atoms with van der Waals surface area (Å²) in [6, 6.07) is 9.66. The summed E-state index contributed by atoms with van der Waals surface area (Å²) < 4.78 is 0. The number of para-hydroxylation sites is 1. The highest BCUT2D eigenvalue weighted by Gasteiger charge is 2.17. The molecule has 0 aliphatic heterocycles. The van der Waals surface area contributed by atoms with Crippen molar-refractivity contribution in [2.24, 2.45) is 0 Å². The van der Waals surface area contributed by atoms with Crippen LogP contribution in [-0.4, -0.2) is 15.0 Å². The predicted octanol–water partition coefficient (Wildman–Crippen LogP) is 5.94. The van der Waals surface area contributed by atoms with E-state index in [0.29, 0.717) is 21.6 Å². The lowest BCUT2D eigenvalue weighted by Crippen LogP contribution is -1.93. The smallest absolute Gasteiger partial charge is 0.167 e. The van der Waals surface area contributed by atoms with Crippen molar-refractivity contribution in [2.45, 2.75) is 0 Å². The molecular weight excluding hydrogens is 364 g/mol. The molecule has 0 atom stereocenters. The number of hydrogen-bond donors (Lipinski definition) is 0. The Hall–Kier alpha value is -1.39. The standard InChI is InChI=1S/C15H5Cl4N3/c16-9-10(17)13-12(21-14(18)15(19)22-13)7-5-6-3-1-2-4-8(6)20-11(7)9/h1-5H. The zero-order valence-corrected chi connectivity index (χ0v) is 13.8. The van der Waals surface area contributed by atoms with Crippen LogP contribution in [-0.2, 0) is 0 Å². The van der Waals surface area contributed by atoms with E-state index < -0.39 is 0 Å². The van der Waals surface area contributed by atoms with Gasteiger partial charge in [-0.1, -0.05) is 64.6 Å². The normalized spacial score (nSPS) is 11.6. The number of pyridine rings is 1. The first kappa shape index (κ1) is 14.2. The molecular formula is C15H5Cl4N3. The van der Waals surface area contributed by atoms with Crippen LogP contribution in [0.1, 0.15) is 0 Å². The molecule has 0 aliphatic rings. The van der Waals surface area contributed by atoms with Crippen LogP contribution in [0.2, 0.25) is 20.4 Å². The molecule has 0 spiro atoms. The van der Waals surface area contributed by atoms with Crippen LogP contribution < -0.4 is 0 Å². The van der Waals surface area contributed by atoms with Gasteiger partial charge < -0.3 is 0 Å². The summed E-state index contributed by atoms with van der Waals surface area (Å²) >= 11 is 24.6. The quantitative estimate of drug-likeness (QED) is 0.284. The first-order valence-corrected chi connectivity index (χ1v) is 7.76. The van der Waals surface area contributed by atoms with E-state index in [4.69, 9.17) is 46.4 Å². The minimum Gasteiger partial charge on any atom is -0.246 e. The largest absolute Gasteiger partial charge is 0.246 e. The maximum atomic E-state index is 6.36. The summed E-state index contributed by atoms with van der Waals surface area (Å²) in [5.41, 5.74) is 2.31. The van der Waals surface area contributed by atoms with Gasteiger partial charge in [-0.15, -0.1) is 0 Å². The third kappa shape index (κ3) is 2.01. The SMILES string of the molecule is Clc1nc2c(Cl)c(Cl)c3nc4ccccc4cc3c2nc1Cl. The number of fused-ring (bicyclic) bond motifs is 4. The minimum atomic E-state index is 0.0835. The second kappa shape index (κ2) is 5.07. The fourth-order valence-corrected chi connectivity index (χ4v) is 3.12. The van der Waals surface area contributed by atoms with Crippen molar-refractivity contribution in [3.8, 4) is 0 Å². The molecule has 3 nitrogen and oxygen atoms in total.